The molecule has 0 radical (unpaired) electrons. The Labute approximate surface area is 101 Å². The molecule has 1 saturated carbocycles. The van der Waals surface area contributed by atoms with Crippen LogP contribution < -0.4 is 10.6 Å². The maximum absolute atomic E-state index is 5.85. The van der Waals surface area contributed by atoms with Gasteiger partial charge in [0.2, 0.25) is 5.89 Å². The predicted octanol–water partition coefficient (Wildman–Crippen LogP) is 1.34. The Hall–Kier alpha value is -1.10. The molecule has 1 aliphatic carbocycles. The Balaban J connectivity index is 1.67. The zero-order valence-corrected chi connectivity index (χ0v) is 10.2. The van der Waals surface area contributed by atoms with Crippen LogP contribution in [0.2, 0.25) is 0 Å². The van der Waals surface area contributed by atoms with Crippen molar-refractivity contribution in [3.63, 3.8) is 0 Å². The lowest BCUT2D eigenvalue weighted by Crippen LogP contribution is -2.39. The van der Waals surface area contributed by atoms with Gasteiger partial charge in [0.1, 0.15) is 0 Å². The monoisotopic (exact) mass is 236 g/mol. The third-order valence-electron chi connectivity index (χ3n) is 4.22. The van der Waals surface area contributed by atoms with Crippen molar-refractivity contribution >= 4 is 5.95 Å². The first-order valence-corrected chi connectivity index (χ1v) is 6.59. The first kappa shape index (κ1) is 11.0. The minimum atomic E-state index is 0.245. The molecule has 1 aliphatic heterocycles. The topological polar surface area (TPSA) is 68.2 Å². The molecule has 1 saturated heterocycles. The maximum Gasteiger partial charge on any atom is 0.266 e. The van der Waals surface area contributed by atoms with Crippen LogP contribution in [0.15, 0.2) is 4.52 Å². The number of rotatable bonds is 4. The summed E-state index contributed by atoms with van der Waals surface area (Å²) in [5, 5.41) is 4.07. The number of aromatic nitrogens is 2. The number of nitrogens with zero attached hydrogens (tertiary/aromatic N) is 3. The standard InChI is InChI=1S/C12H20N4O/c13-9-12(4-3-5-12)8-10-14-11(15-17-10)16-6-1-2-7-16/h1-9,13H2. The van der Waals surface area contributed by atoms with Gasteiger partial charge in [-0.25, -0.2) is 0 Å². The molecule has 3 rings (SSSR count). The van der Waals surface area contributed by atoms with Crippen molar-refractivity contribution in [3.8, 4) is 0 Å². The summed E-state index contributed by atoms with van der Waals surface area (Å²) in [7, 11) is 0. The van der Waals surface area contributed by atoms with Crippen LogP contribution in [0.5, 0.6) is 0 Å². The third-order valence-corrected chi connectivity index (χ3v) is 4.22. The van der Waals surface area contributed by atoms with Gasteiger partial charge in [0.15, 0.2) is 0 Å². The molecular formula is C12H20N4O. The highest BCUT2D eigenvalue weighted by atomic mass is 16.5. The van der Waals surface area contributed by atoms with Crippen LogP contribution in [0.3, 0.4) is 0 Å². The Morgan fingerprint density at radius 2 is 2.00 bits per heavy atom. The summed E-state index contributed by atoms with van der Waals surface area (Å²) in [5.41, 5.74) is 6.09. The number of hydrogen-bond donors (Lipinski definition) is 1. The lowest BCUT2D eigenvalue weighted by molar-refractivity contribution is 0.129. The molecule has 5 heteroatoms. The van der Waals surface area contributed by atoms with Crippen molar-refractivity contribution in [3.05, 3.63) is 5.89 Å². The van der Waals surface area contributed by atoms with Crippen molar-refractivity contribution in [1.82, 2.24) is 10.1 Å². The zero-order chi connectivity index (χ0) is 11.7. The Morgan fingerprint density at radius 3 is 2.59 bits per heavy atom. The maximum atomic E-state index is 5.85. The SMILES string of the molecule is NCC1(Cc2nc(N3CCCC3)no2)CCC1. The quantitative estimate of drug-likeness (QED) is 0.854. The van der Waals surface area contributed by atoms with Gasteiger partial charge in [-0.15, -0.1) is 0 Å². The van der Waals surface area contributed by atoms with Crippen LogP contribution in [0.1, 0.15) is 38.0 Å². The molecule has 0 amide bonds. The highest BCUT2D eigenvalue weighted by Gasteiger charge is 2.37. The largest absolute Gasteiger partial charge is 0.338 e. The fraction of sp³-hybridized carbons (Fsp3) is 0.833. The summed E-state index contributed by atoms with van der Waals surface area (Å²) in [6, 6.07) is 0. The second-order valence-electron chi connectivity index (χ2n) is 5.42. The van der Waals surface area contributed by atoms with Crippen LogP contribution in [0.25, 0.3) is 0 Å². The third kappa shape index (κ3) is 2.04. The van der Waals surface area contributed by atoms with Crippen molar-refractivity contribution in [1.29, 1.82) is 0 Å². The fourth-order valence-corrected chi connectivity index (χ4v) is 2.81. The van der Waals surface area contributed by atoms with Gasteiger partial charge in [-0.05, 0) is 42.8 Å². The molecule has 2 aliphatic rings. The summed E-state index contributed by atoms with van der Waals surface area (Å²) < 4.78 is 5.35. The summed E-state index contributed by atoms with van der Waals surface area (Å²) in [5.74, 6) is 1.53. The Bertz CT molecular complexity index is 374. The van der Waals surface area contributed by atoms with Crippen LogP contribution in [0.4, 0.5) is 5.95 Å². The predicted molar refractivity (Wildman–Crippen MR) is 64.8 cm³/mol. The van der Waals surface area contributed by atoms with E-state index in [9.17, 15) is 0 Å². The summed E-state index contributed by atoms with van der Waals surface area (Å²) >= 11 is 0. The molecular weight excluding hydrogens is 216 g/mol. The van der Waals surface area contributed by atoms with Gasteiger partial charge in [-0.1, -0.05) is 6.42 Å². The number of nitrogens with two attached hydrogens (primary N) is 1. The normalized spacial score (nSPS) is 22.8. The fourth-order valence-electron chi connectivity index (χ4n) is 2.81. The lowest BCUT2D eigenvalue weighted by Gasteiger charge is -2.39. The van der Waals surface area contributed by atoms with Gasteiger partial charge < -0.3 is 15.2 Å². The molecule has 0 unspecified atom stereocenters. The lowest BCUT2D eigenvalue weighted by atomic mass is 9.67. The Morgan fingerprint density at radius 1 is 1.24 bits per heavy atom. The van der Waals surface area contributed by atoms with Gasteiger partial charge in [0.05, 0.1) is 0 Å². The van der Waals surface area contributed by atoms with E-state index in [4.69, 9.17) is 10.3 Å². The zero-order valence-electron chi connectivity index (χ0n) is 10.2. The van der Waals surface area contributed by atoms with Gasteiger partial charge in [0.25, 0.3) is 5.95 Å². The van der Waals surface area contributed by atoms with Crippen molar-refractivity contribution < 1.29 is 4.52 Å². The highest BCUT2D eigenvalue weighted by molar-refractivity contribution is 5.29. The van der Waals surface area contributed by atoms with E-state index in [-0.39, 0.29) is 5.41 Å². The van der Waals surface area contributed by atoms with Gasteiger partial charge in [-0.3, -0.25) is 0 Å². The van der Waals surface area contributed by atoms with E-state index in [0.29, 0.717) is 0 Å². The summed E-state index contributed by atoms with van der Waals surface area (Å²) in [4.78, 5) is 6.70. The summed E-state index contributed by atoms with van der Waals surface area (Å²) in [6.45, 7) is 2.84. The molecule has 94 valence electrons. The molecule has 1 aromatic heterocycles. The Kier molecular flexibility index (Phi) is 2.78. The molecule has 2 fully saturated rings. The first-order valence-electron chi connectivity index (χ1n) is 6.59. The number of hydrogen-bond acceptors (Lipinski definition) is 5. The van der Waals surface area contributed by atoms with Crippen molar-refractivity contribution in [2.24, 2.45) is 11.1 Å². The van der Waals surface area contributed by atoms with Crippen LogP contribution in [-0.4, -0.2) is 29.8 Å². The van der Waals surface area contributed by atoms with E-state index < -0.39 is 0 Å². The summed E-state index contributed by atoms with van der Waals surface area (Å²) in [6.07, 6.45) is 7.00. The van der Waals surface area contributed by atoms with E-state index in [1.165, 1.54) is 32.1 Å². The molecule has 0 atom stereocenters. The van der Waals surface area contributed by atoms with Crippen molar-refractivity contribution in [2.75, 3.05) is 24.5 Å². The second kappa shape index (κ2) is 4.29. The molecule has 5 nitrogen and oxygen atoms in total. The van der Waals surface area contributed by atoms with E-state index in [1.807, 2.05) is 0 Å². The van der Waals surface area contributed by atoms with E-state index >= 15 is 0 Å². The van der Waals surface area contributed by atoms with E-state index in [2.05, 4.69) is 15.0 Å². The average Bonchev–Trinajstić information content (AvgIpc) is 2.94. The van der Waals surface area contributed by atoms with Crippen LogP contribution in [-0.2, 0) is 6.42 Å². The molecule has 0 aromatic carbocycles. The van der Waals surface area contributed by atoms with Gasteiger partial charge in [-0.2, -0.15) is 4.98 Å². The van der Waals surface area contributed by atoms with Gasteiger partial charge >= 0.3 is 0 Å². The van der Waals surface area contributed by atoms with Crippen molar-refractivity contribution in [2.45, 2.75) is 38.5 Å². The second-order valence-corrected chi connectivity index (χ2v) is 5.42. The average molecular weight is 236 g/mol. The number of anilines is 1. The van der Waals surface area contributed by atoms with E-state index in [0.717, 1.165) is 37.9 Å². The molecule has 17 heavy (non-hydrogen) atoms. The minimum absolute atomic E-state index is 0.245. The molecule has 2 heterocycles. The molecule has 0 spiro atoms. The van der Waals surface area contributed by atoms with Crippen LogP contribution in [0, 0.1) is 5.41 Å². The van der Waals surface area contributed by atoms with E-state index in [1.54, 1.807) is 0 Å². The molecule has 1 aromatic rings. The first-order chi connectivity index (χ1) is 8.31. The molecule has 2 N–H and O–H groups in total. The van der Waals surface area contributed by atoms with Crippen LogP contribution >= 0.6 is 0 Å². The minimum Gasteiger partial charge on any atom is -0.338 e. The smallest absolute Gasteiger partial charge is 0.266 e. The highest BCUT2D eigenvalue weighted by Crippen LogP contribution is 2.42. The molecule has 0 bridgehead atoms. The van der Waals surface area contributed by atoms with Gasteiger partial charge in [0, 0.05) is 19.5 Å².